The van der Waals surface area contributed by atoms with Crippen LogP contribution < -0.4 is 10.1 Å². The first-order valence-electron chi connectivity index (χ1n) is 10.9. The van der Waals surface area contributed by atoms with Gasteiger partial charge in [0.2, 0.25) is 5.91 Å². The lowest BCUT2D eigenvalue weighted by atomic mass is 9.90. The van der Waals surface area contributed by atoms with Crippen LogP contribution in [0.2, 0.25) is 0 Å². The molecule has 1 aromatic rings. The van der Waals surface area contributed by atoms with Crippen LogP contribution in [0, 0.1) is 0 Å². The normalized spacial score (nSPS) is 24.8. The summed E-state index contributed by atoms with van der Waals surface area (Å²) in [5, 5.41) is 12.3. The topological polar surface area (TPSA) is 65.0 Å². The van der Waals surface area contributed by atoms with Crippen LogP contribution in [0.25, 0.3) is 0 Å². The second-order valence-corrected chi connectivity index (χ2v) is 8.46. The van der Waals surface area contributed by atoms with Crippen molar-refractivity contribution in [3.63, 3.8) is 0 Å². The molecule has 0 aromatic heterocycles. The Labute approximate surface area is 167 Å². The molecular weight excluding hydrogens is 354 g/mol. The molecule has 2 saturated heterocycles. The number of benzene rings is 1. The number of hydrogen-bond donors (Lipinski definition) is 2. The zero-order valence-electron chi connectivity index (χ0n) is 16.7. The predicted octanol–water partition coefficient (Wildman–Crippen LogP) is 2.48. The third kappa shape index (κ3) is 4.85. The fraction of sp³-hybridized carbons (Fsp3) is 0.682. The molecule has 154 valence electrons. The summed E-state index contributed by atoms with van der Waals surface area (Å²) in [6.07, 6.45) is 8.63. The van der Waals surface area contributed by atoms with E-state index in [1.807, 2.05) is 24.3 Å². The van der Waals surface area contributed by atoms with Crippen LogP contribution in [0.1, 0.15) is 44.9 Å². The number of likely N-dealkylation sites (tertiary alicyclic amines) is 2. The molecule has 2 N–H and O–H groups in total. The third-order valence-corrected chi connectivity index (χ3v) is 6.57. The highest BCUT2D eigenvalue weighted by Gasteiger charge is 2.29. The van der Waals surface area contributed by atoms with Gasteiger partial charge in [-0.1, -0.05) is 6.42 Å². The van der Waals surface area contributed by atoms with Gasteiger partial charge in [0.05, 0.1) is 13.2 Å². The molecule has 0 radical (unpaired) electrons. The Kier molecular flexibility index (Phi) is 6.50. The lowest BCUT2D eigenvalue weighted by Crippen LogP contribution is -2.46. The second-order valence-electron chi connectivity index (χ2n) is 8.46. The molecule has 1 aromatic carbocycles. The molecule has 0 bridgehead atoms. The van der Waals surface area contributed by atoms with Gasteiger partial charge < -0.3 is 20.1 Å². The summed E-state index contributed by atoms with van der Waals surface area (Å²) in [7, 11) is 0. The Bertz CT molecular complexity index is 639. The molecule has 28 heavy (non-hydrogen) atoms. The fourth-order valence-electron chi connectivity index (χ4n) is 4.61. The summed E-state index contributed by atoms with van der Waals surface area (Å²) >= 11 is 0. The first-order chi connectivity index (χ1) is 13.7. The van der Waals surface area contributed by atoms with Crippen molar-refractivity contribution in [3.05, 3.63) is 24.3 Å². The lowest BCUT2D eigenvalue weighted by Gasteiger charge is -2.41. The zero-order chi connectivity index (χ0) is 19.3. The Morgan fingerprint density at radius 2 is 1.79 bits per heavy atom. The summed E-state index contributed by atoms with van der Waals surface area (Å²) in [6, 6.07) is 8.66. The van der Waals surface area contributed by atoms with Crippen molar-refractivity contribution in [2.45, 2.75) is 63.1 Å². The van der Waals surface area contributed by atoms with Gasteiger partial charge in [0.1, 0.15) is 11.9 Å². The van der Waals surface area contributed by atoms with Crippen LogP contribution in [-0.4, -0.2) is 71.8 Å². The molecule has 1 atom stereocenters. The van der Waals surface area contributed by atoms with Gasteiger partial charge in [-0.05, 0) is 69.3 Å². The maximum absolute atomic E-state index is 12.3. The largest absolute Gasteiger partial charge is 0.490 e. The fourth-order valence-corrected chi connectivity index (χ4v) is 4.61. The number of piperidine rings is 1. The number of aliphatic hydroxyl groups excluding tert-OH is 1. The number of rotatable bonds is 7. The van der Waals surface area contributed by atoms with Gasteiger partial charge in [0.25, 0.3) is 0 Å². The summed E-state index contributed by atoms with van der Waals surface area (Å²) in [5.74, 6) is 0.845. The van der Waals surface area contributed by atoms with Crippen LogP contribution in [0.3, 0.4) is 0 Å². The number of anilines is 1. The maximum atomic E-state index is 12.3. The number of ether oxygens (including phenoxy) is 1. The van der Waals surface area contributed by atoms with Crippen molar-refractivity contribution in [1.82, 2.24) is 9.80 Å². The van der Waals surface area contributed by atoms with E-state index in [-0.39, 0.29) is 18.6 Å². The standard InChI is InChI=1S/C22H33N3O3/c26-16-19-5-2-12-25(19)15-22(27)23-17-6-8-20(9-7-17)28-21-10-13-24(14-11-21)18-3-1-4-18/h6-9,18-19,21,26H,1-5,10-16H2,(H,23,27). The van der Waals surface area contributed by atoms with E-state index in [9.17, 15) is 9.90 Å². The second kappa shape index (κ2) is 9.25. The van der Waals surface area contributed by atoms with E-state index >= 15 is 0 Å². The van der Waals surface area contributed by atoms with Crippen LogP contribution in [0.15, 0.2) is 24.3 Å². The number of nitrogens with one attached hydrogen (secondary N) is 1. The number of carbonyl (C=O) groups is 1. The number of hydrogen-bond acceptors (Lipinski definition) is 5. The quantitative estimate of drug-likeness (QED) is 0.753. The molecule has 1 unspecified atom stereocenters. The van der Waals surface area contributed by atoms with Crippen molar-refractivity contribution in [3.8, 4) is 5.75 Å². The molecule has 4 rings (SSSR count). The van der Waals surface area contributed by atoms with E-state index in [1.54, 1.807) is 0 Å². The van der Waals surface area contributed by atoms with Crippen molar-refractivity contribution in [2.24, 2.45) is 0 Å². The van der Waals surface area contributed by atoms with Gasteiger partial charge in [0, 0.05) is 30.9 Å². The Hall–Kier alpha value is -1.63. The number of carbonyl (C=O) groups excluding carboxylic acids is 1. The van der Waals surface area contributed by atoms with Crippen molar-refractivity contribution in [2.75, 3.05) is 38.1 Å². The number of nitrogens with zero attached hydrogens (tertiary/aromatic N) is 2. The highest BCUT2D eigenvalue weighted by atomic mass is 16.5. The van der Waals surface area contributed by atoms with Crippen molar-refractivity contribution in [1.29, 1.82) is 0 Å². The summed E-state index contributed by atoms with van der Waals surface area (Å²) in [6.45, 7) is 3.64. The highest BCUT2D eigenvalue weighted by Crippen LogP contribution is 2.28. The van der Waals surface area contributed by atoms with Gasteiger partial charge >= 0.3 is 0 Å². The van der Waals surface area contributed by atoms with E-state index < -0.39 is 0 Å². The molecule has 1 saturated carbocycles. The lowest BCUT2D eigenvalue weighted by molar-refractivity contribution is -0.117. The summed E-state index contributed by atoms with van der Waals surface area (Å²) < 4.78 is 6.16. The molecule has 1 amide bonds. The monoisotopic (exact) mass is 387 g/mol. The van der Waals surface area contributed by atoms with E-state index in [4.69, 9.17) is 4.74 Å². The SMILES string of the molecule is O=C(CN1CCCC1CO)Nc1ccc(OC2CCN(C3CCC3)CC2)cc1. The summed E-state index contributed by atoms with van der Waals surface area (Å²) in [5.41, 5.74) is 0.789. The minimum absolute atomic E-state index is 0.0302. The van der Waals surface area contributed by atoms with Crippen LogP contribution in [0.4, 0.5) is 5.69 Å². The molecular formula is C22H33N3O3. The molecule has 2 heterocycles. The van der Waals surface area contributed by atoms with Crippen molar-refractivity contribution >= 4 is 11.6 Å². The van der Waals surface area contributed by atoms with Gasteiger partial charge in [-0.15, -0.1) is 0 Å². The minimum Gasteiger partial charge on any atom is -0.490 e. The molecule has 6 nitrogen and oxygen atoms in total. The third-order valence-electron chi connectivity index (χ3n) is 6.57. The highest BCUT2D eigenvalue weighted by molar-refractivity contribution is 5.92. The molecule has 2 aliphatic heterocycles. The van der Waals surface area contributed by atoms with Gasteiger partial charge in [-0.3, -0.25) is 9.69 Å². The average Bonchev–Trinajstić information content (AvgIpc) is 3.10. The molecule has 3 aliphatic rings. The Morgan fingerprint density at radius 1 is 1.04 bits per heavy atom. The average molecular weight is 388 g/mol. The van der Waals surface area contributed by atoms with Gasteiger partial charge in [0.15, 0.2) is 0 Å². The van der Waals surface area contributed by atoms with Crippen LogP contribution in [-0.2, 0) is 4.79 Å². The molecule has 3 fully saturated rings. The zero-order valence-corrected chi connectivity index (χ0v) is 16.7. The van der Waals surface area contributed by atoms with E-state index in [0.29, 0.717) is 12.6 Å². The first-order valence-corrected chi connectivity index (χ1v) is 10.9. The molecule has 1 aliphatic carbocycles. The molecule has 6 heteroatoms. The van der Waals surface area contributed by atoms with Gasteiger partial charge in [-0.25, -0.2) is 0 Å². The smallest absolute Gasteiger partial charge is 0.238 e. The number of aliphatic hydroxyl groups is 1. The minimum atomic E-state index is -0.0302. The predicted molar refractivity (Wildman–Crippen MR) is 110 cm³/mol. The van der Waals surface area contributed by atoms with Crippen LogP contribution >= 0.6 is 0 Å². The maximum Gasteiger partial charge on any atom is 0.238 e. The first kappa shape index (κ1) is 19.7. The summed E-state index contributed by atoms with van der Waals surface area (Å²) in [4.78, 5) is 17.0. The van der Waals surface area contributed by atoms with Crippen molar-refractivity contribution < 1.29 is 14.6 Å². The van der Waals surface area contributed by atoms with E-state index in [0.717, 1.165) is 62.8 Å². The molecule has 0 spiro atoms. The van der Waals surface area contributed by atoms with E-state index in [2.05, 4.69) is 15.1 Å². The van der Waals surface area contributed by atoms with Gasteiger partial charge in [-0.2, -0.15) is 0 Å². The van der Waals surface area contributed by atoms with Crippen LogP contribution in [0.5, 0.6) is 5.75 Å². The number of amides is 1. The Morgan fingerprint density at radius 3 is 2.43 bits per heavy atom. The Balaban J connectivity index is 1.21. The van der Waals surface area contributed by atoms with E-state index in [1.165, 1.54) is 19.3 Å².